The van der Waals surface area contributed by atoms with Crippen LogP contribution >= 0.6 is 11.6 Å². The molecule has 1 unspecified atom stereocenters. The van der Waals surface area contributed by atoms with E-state index in [9.17, 15) is 9.00 Å². The van der Waals surface area contributed by atoms with Gasteiger partial charge in [0, 0.05) is 38.7 Å². The Morgan fingerprint density at radius 2 is 1.97 bits per heavy atom. The van der Waals surface area contributed by atoms with Crippen molar-refractivity contribution in [3.05, 3.63) is 40.7 Å². The molecule has 0 spiro atoms. The minimum absolute atomic E-state index is 0.0164. The quantitative estimate of drug-likeness (QED) is 0.321. The maximum absolute atomic E-state index is 12.9. The van der Waals surface area contributed by atoms with Gasteiger partial charge in [-0.3, -0.25) is 9.48 Å². The fraction of sp³-hybridized carbons (Fsp3) is 0.462. The number of nitrogens with one attached hydrogen (secondary N) is 3. The number of ether oxygens (including phenoxy) is 1. The van der Waals surface area contributed by atoms with Crippen LogP contribution in [0.25, 0.3) is 0 Å². The average Bonchev–Trinajstić information content (AvgIpc) is 3.16. The monoisotopic (exact) mass is 559 g/mol. The van der Waals surface area contributed by atoms with Crippen LogP contribution in [-0.2, 0) is 22.6 Å². The lowest BCUT2D eigenvalue weighted by Crippen LogP contribution is -2.40. The van der Waals surface area contributed by atoms with Crippen LogP contribution in [0.3, 0.4) is 0 Å². The van der Waals surface area contributed by atoms with Crippen LogP contribution in [0.2, 0.25) is 5.02 Å². The number of aryl methyl sites for hydroxylation is 2. The highest BCUT2D eigenvalue weighted by atomic mass is 35.5. The van der Waals surface area contributed by atoms with Crippen molar-refractivity contribution in [2.24, 2.45) is 13.0 Å². The highest BCUT2D eigenvalue weighted by molar-refractivity contribution is 8.00. The fourth-order valence-electron chi connectivity index (χ4n) is 4.07. The van der Waals surface area contributed by atoms with Gasteiger partial charge >= 0.3 is 0 Å². The summed E-state index contributed by atoms with van der Waals surface area (Å²) in [6.07, 6.45) is 3.28. The first-order valence-corrected chi connectivity index (χ1v) is 14.1. The van der Waals surface area contributed by atoms with Crippen molar-refractivity contribution in [2.75, 3.05) is 23.7 Å². The normalized spacial score (nSPS) is 14.4. The number of carbonyl (C=O) groups excluding carboxylic acids is 1. The van der Waals surface area contributed by atoms with E-state index >= 15 is 0 Å². The molecule has 204 valence electrons. The molecule has 3 heterocycles. The molecule has 1 aliphatic heterocycles. The molecular weight excluding hydrogens is 526 g/mol. The van der Waals surface area contributed by atoms with Gasteiger partial charge in [0.2, 0.25) is 11.1 Å². The predicted molar refractivity (Wildman–Crippen MR) is 150 cm³/mol. The van der Waals surface area contributed by atoms with Crippen LogP contribution in [0.4, 0.5) is 23.1 Å². The Hall–Kier alpha value is -3.02. The van der Waals surface area contributed by atoms with Crippen LogP contribution in [-0.4, -0.2) is 48.3 Å². The first-order chi connectivity index (χ1) is 18.0. The Balaban J connectivity index is 1.61. The second-order valence-corrected chi connectivity index (χ2v) is 11.9. The van der Waals surface area contributed by atoms with Crippen molar-refractivity contribution < 1.29 is 13.7 Å². The third-order valence-electron chi connectivity index (χ3n) is 5.95. The first kappa shape index (κ1) is 28.0. The standard InChI is InChI=1S/C26H34ClN7O3S/c1-14(2)7-23(35)38(36)25-21(13-34(6)33-25)30-24-19(27)12-29-26(32-24)31-20-8-16(5)18(17-10-28-11-17)9-22(20)37-15(3)4/h8-9,12-15,17,28H,7,10-11H2,1-6H3,(H2,29,30,31,32). The molecule has 1 atom stereocenters. The SMILES string of the molecule is Cc1cc(Nc2ncc(Cl)c(Nc3cn(C)nc3S(=O)C(=O)CC(C)C)n2)c(OC(C)C)cc1C1CNC1. The third-order valence-corrected chi connectivity index (χ3v) is 7.46. The van der Waals surface area contributed by atoms with E-state index in [0.717, 1.165) is 24.3 Å². The number of carbonyl (C=O) groups is 1. The lowest BCUT2D eigenvalue weighted by molar-refractivity contribution is -0.112. The number of hydrogen-bond donors (Lipinski definition) is 3. The molecule has 1 fully saturated rings. The molecule has 1 aromatic carbocycles. The van der Waals surface area contributed by atoms with E-state index in [1.165, 1.54) is 16.4 Å². The summed E-state index contributed by atoms with van der Waals surface area (Å²) in [5.74, 6) is 1.85. The Morgan fingerprint density at radius 1 is 1.24 bits per heavy atom. The van der Waals surface area contributed by atoms with E-state index in [1.807, 2.05) is 33.8 Å². The van der Waals surface area contributed by atoms with Gasteiger partial charge in [0.15, 0.2) is 10.8 Å². The summed E-state index contributed by atoms with van der Waals surface area (Å²) in [7, 11) is -0.237. The summed E-state index contributed by atoms with van der Waals surface area (Å²) in [5.41, 5.74) is 3.53. The molecule has 0 bridgehead atoms. The topological polar surface area (TPSA) is 123 Å². The highest BCUT2D eigenvalue weighted by Crippen LogP contribution is 2.36. The van der Waals surface area contributed by atoms with E-state index < -0.39 is 10.8 Å². The maximum Gasteiger partial charge on any atom is 0.229 e. The van der Waals surface area contributed by atoms with Gasteiger partial charge in [-0.25, -0.2) is 9.19 Å². The first-order valence-electron chi connectivity index (χ1n) is 12.6. The number of hydrogen-bond acceptors (Lipinski definition) is 9. The summed E-state index contributed by atoms with van der Waals surface area (Å²) in [4.78, 5) is 21.4. The van der Waals surface area contributed by atoms with E-state index in [2.05, 4.69) is 44.0 Å². The second kappa shape index (κ2) is 11.8. The molecule has 2 aromatic heterocycles. The lowest BCUT2D eigenvalue weighted by atomic mass is 9.89. The van der Waals surface area contributed by atoms with Crippen LogP contribution in [0.1, 0.15) is 51.2 Å². The second-order valence-electron chi connectivity index (χ2n) is 10.1. The molecule has 1 aliphatic rings. The molecule has 1 saturated heterocycles. The molecule has 12 heteroatoms. The van der Waals surface area contributed by atoms with Crippen LogP contribution < -0.4 is 20.7 Å². The van der Waals surface area contributed by atoms with E-state index in [4.69, 9.17) is 16.3 Å². The Kier molecular flexibility index (Phi) is 8.69. The fourth-order valence-corrected chi connectivity index (χ4v) is 5.42. The number of rotatable bonds is 10. The molecule has 3 aromatic rings. The summed E-state index contributed by atoms with van der Waals surface area (Å²) in [6, 6.07) is 4.13. The van der Waals surface area contributed by atoms with Crippen molar-refractivity contribution in [1.82, 2.24) is 25.1 Å². The molecule has 0 saturated carbocycles. The molecule has 38 heavy (non-hydrogen) atoms. The number of benzene rings is 1. The zero-order valence-corrected chi connectivity index (χ0v) is 24.0. The number of anilines is 4. The van der Waals surface area contributed by atoms with Crippen molar-refractivity contribution in [1.29, 1.82) is 0 Å². The van der Waals surface area contributed by atoms with Gasteiger partial charge in [-0.2, -0.15) is 10.1 Å². The lowest BCUT2D eigenvalue weighted by Gasteiger charge is -2.30. The molecule has 0 amide bonds. The molecule has 0 radical (unpaired) electrons. The van der Waals surface area contributed by atoms with Gasteiger partial charge in [0.1, 0.15) is 21.6 Å². The van der Waals surface area contributed by atoms with Gasteiger partial charge in [-0.05, 0) is 49.9 Å². The van der Waals surface area contributed by atoms with E-state index in [-0.39, 0.29) is 39.4 Å². The highest BCUT2D eigenvalue weighted by Gasteiger charge is 2.25. The molecule has 4 rings (SSSR count). The Bertz CT molecular complexity index is 1350. The van der Waals surface area contributed by atoms with Gasteiger partial charge in [0.05, 0.1) is 23.7 Å². The average molecular weight is 560 g/mol. The summed E-state index contributed by atoms with van der Waals surface area (Å²) >= 11 is 6.41. The van der Waals surface area contributed by atoms with E-state index in [0.29, 0.717) is 23.3 Å². The number of nitrogens with zero attached hydrogens (tertiary/aromatic N) is 4. The van der Waals surface area contributed by atoms with Crippen molar-refractivity contribution in [2.45, 2.75) is 58.1 Å². The third kappa shape index (κ3) is 6.51. The van der Waals surface area contributed by atoms with Gasteiger partial charge < -0.3 is 20.7 Å². The van der Waals surface area contributed by atoms with Crippen LogP contribution in [0.5, 0.6) is 5.75 Å². The van der Waals surface area contributed by atoms with E-state index in [1.54, 1.807) is 13.2 Å². The van der Waals surface area contributed by atoms with Crippen molar-refractivity contribution in [3.8, 4) is 5.75 Å². The van der Waals surface area contributed by atoms with Gasteiger partial charge in [0.25, 0.3) is 0 Å². The number of aromatic nitrogens is 4. The summed E-state index contributed by atoms with van der Waals surface area (Å²) < 4.78 is 20.5. The summed E-state index contributed by atoms with van der Waals surface area (Å²) in [6.45, 7) is 11.8. The summed E-state index contributed by atoms with van der Waals surface area (Å²) in [5, 5.41) is 13.9. The maximum atomic E-state index is 12.9. The molecule has 10 nitrogen and oxygen atoms in total. The Labute approximate surface area is 230 Å². The molecule has 3 N–H and O–H groups in total. The smallest absolute Gasteiger partial charge is 0.229 e. The zero-order chi connectivity index (χ0) is 27.6. The Morgan fingerprint density at radius 3 is 2.61 bits per heavy atom. The molecular formula is C26H34ClN7O3S. The van der Waals surface area contributed by atoms with Gasteiger partial charge in [-0.15, -0.1) is 0 Å². The van der Waals surface area contributed by atoms with Crippen molar-refractivity contribution in [3.63, 3.8) is 0 Å². The zero-order valence-electron chi connectivity index (χ0n) is 22.5. The predicted octanol–water partition coefficient (Wildman–Crippen LogP) is 4.81. The minimum atomic E-state index is -1.93. The van der Waals surface area contributed by atoms with Crippen LogP contribution in [0, 0.1) is 12.8 Å². The molecule has 0 aliphatic carbocycles. The largest absolute Gasteiger partial charge is 0.489 e. The minimum Gasteiger partial charge on any atom is -0.489 e. The van der Waals surface area contributed by atoms with Crippen LogP contribution in [0.15, 0.2) is 29.6 Å². The number of halogens is 1. The van der Waals surface area contributed by atoms with Crippen molar-refractivity contribution >= 4 is 50.7 Å². The van der Waals surface area contributed by atoms with Gasteiger partial charge in [-0.1, -0.05) is 25.4 Å².